The standard InChI is InChI=1S/C30H23N2OP/c33-34(28-22-20-25(21-23-28)24-12-4-1-5-13-24)31(26-14-6-2-7-15-26)29-18-10-11-19-30(29)32(34)27-16-8-3-9-17-27/h1-23H. The molecule has 1 aliphatic rings. The van der Waals surface area contributed by atoms with Crippen molar-refractivity contribution in [2.75, 3.05) is 9.34 Å². The van der Waals surface area contributed by atoms with Gasteiger partial charge in [0.15, 0.2) is 0 Å². The van der Waals surface area contributed by atoms with Crippen LogP contribution in [0.1, 0.15) is 0 Å². The molecule has 4 heteroatoms. The second-order valence-corrected chi connectivity index (χ2v) is 10.6. The molecule has 0 spiro atoms. The van der Waals surface area contributed by atoms with E-state index in [1.54, 1.807) is 0 Å². The van der Waals surface area contributed by atoms with E-state index in [0.717, 1.165) is 39.2 Å². The average Bonchev–Trinajstić information content (AvgIpc) is 3.19. The molecule has 1 aliphatic heterocycles. The SMILES string of the molecule is O=P1(c2ccc(-c3ccccc3)cc2)N(c2ccccc2)c2ccccc2N1c1ccccc1. The maximum absolute atomic E-state index is 15.4. The molecule has 0 atom stereocenters. The van der Waals surface area contributed by atoms with Crippen LogP contribution in [0.5, 0.6) is 0 Å². The van der Waals surface area contributed by atoms with Crippen LogP contribution < -0.4 is 14.6 Å². The first-order valence-corrected chi connectivity index (χ1v) is 12.9. The highest BCUT2D eigenvalue weighted by atomic mass is 31.2. The Morgan fingerprint density at radius 3 is 1.26 bits per heavy atom. The van der Waals surface area contributed by atoms with Crippen LogP contribution in [-0.2, 0) is 4.57 Å². The Kier molecular flexibility index (Phi) is 5.05. The monoisotopic (exact) mass is 458 g/mol. The van der Waals surface area contributed by atoms with Gasteiger partial charge < -0.3 is 0 Å². The van der Waals surface area contributed by atoms with Gasteiger partial charge in [-0.25, -0.2) is 0 Å². The van der Waals surface area contributed by atoms with Crippen molar-refractivity contribution in [2.24, 2.45) is 0 Å². The van der Waals surface area contributed by atoms with Gasteiger partial charge >= 0.3 is 7.44 Å². The second kappa shape index (κ2) is 8.37. The van der Waals surface area contributed by atoms with Gasteiger partial charge in [0, 0.05) is 11.4 Å². The van der Waals surface area contributed by atoms with E-state index in [2.05, 4.69) is 36.4 Å². The molecule has 0 aliphatic carbocycles. The van der Waals surface area contributed by atoms with Crippen LogP contribution in [0, 0.1) is 0 Å². The second-order valence-electron chi connectivity index (χ2n) is 8.24. The lowest BCUT2D eigenvalue weighted by atomic mass is 10.1. The van der Waals surface area contributed by atoms with E-state index in [9.17, 15) is 0 Å². The molecule has 0 amide bonds. The lowest BCUT2D eigenvalue weighted by Gasteiger charge is -2.33. The number of hydrogen-bond acceptors (Lipinski definition) is 1. The van der Waals surface area contributed by atoms with E-state index in [4.69, 9.17) is 0 Å². The molecule has 3 nitrogen and oxygen atoms in total. The highest BCUT2D eigenvalue weighted by molar-refractivity contribution is 7.76. The molecular weight excluding hydrogens is 435 g/mol. The van der Waals surface area contributed by atoms with Gasteiger partial charge in [-0.3, -0.25) is 13.9 Å². The maximum Gasteiger partial charge on any atom is 0.301 e. The van der Waals surface area contributed by atoms with Crippen LogP contribution in [0.25, 0.3) is 11.1 Å². The third kappa shape index (κ3) is 3.25. The topological polar surface area (TPSA) is 23.6 Å². The molecule has 0 unspecified atom stereocenters. The van der Waals surface area contributed by atoms with Gasteiger partial charge in [-0.15, -0.1) is 0 Å². The van der Waals surface area contributed by atoms with Crippen molar-refractivity contribution >= 4 is 35.5 Å². The van der Waals surface area contributed by atoms with Crippen molar-refractivity contribution in [3.8, 4) is 11.1 Å². The number of rotatable bonds is 4. The van der Waals surface area contributed by atoms with Gasteiger partial charge in [0.05, 0.1) is 16.7 Å². The number of anilines is 4. The van der Waals surface area contributed by atoms with Gasteiger partial charge in [0.25, 0.3) is 0 Å². The van der Waals surface area contributed by atoms with Crippen LogP contribution in [-0.4, -0.2) is 0 Å². The number of benzene rings is 5. The Balaban J connectivity index is 1.58. The maximum atomic E-state index is 15.4. The summed E-state index contributed by atoms with van der Waals surface area (Å²) in [5.74, 6) is 0. The Morgan fingerprint density at radius 2 is 0.794 bits per heavy atom. The molecule has 5 aromatic carbocycles. The summed E-state index contributed by atoms with van der Waals surface area (Å²) in [7, 11) is -3.31. The highest BCUT2D eigenvalue weighted by Crippen LogP contribution is 2.69. The van der Waals surface area contributed by atoms with Crippen LogP contribution in [0.3, 0.4) is 0 Å². The summed E-state index contributed by atoms with van der Waals surface area (Å²) in [6, 6.07) is 46.6. The molecule has 5 aromatic rings. The van der Waals surface area contributed by atoms with Crippen LogP contribution in [0.2, 0.25) is 0 Å². The van der Waals surface area contributed by atoms with Crippen LogP contribution >= 0.6 is 7.44 Å². The average molecular weight is 459 g/mol. The van der Waals surface area contributed by atoms with E-state index in [-0.39, 0.29) is 0 Å². The minimum Gasteiger partial charge on any atom is -0.270 e. The van der Waals surface area contributed by atoms with E-state index in [1.165, 1.54) is 0 Å². The Bertz CT molecular complexity index is 1400. The quantitative estimate of drug-likeness (QED) is 0.254. The zero-order valence-corrected chi connectivity index (χ0v) is 19.4. The van der Waals surface area contributed by atoms with Gasteiger partial charge in [-0.1, -0.05) is 91.0 Å². The van der Waals surface area contributed by atoms with Crippen molar-refractivity contribution < 1.29 is 4.57 Å². The first-order chi connectivity index (χ1) is 16.8. The van der Waals surface area contributed by atoms with Gasteiger partial charge in [0.1, 0.15) is 0 Å². The molecule has 34 heavy (non-hydrogen) atoms. The minimum atomic E-state index is -3.31. The van der Waals surface area contributed by atoms with E-state index >= 15 is 4.57 Å². The lowest BCUT2D eigenvalue weighted by molar-refractivity contribution is 0.582. The molecule has 0 bridgehead atoms. The van der Waals surface area contributed by atoms with Crippen molar-refractivity contribution in [2.45, 2.75) is 0 Å². The molecule has 0 aromatic heterocycles. The van der Waals surface area contributed by atoms with E-state index in [0.29, 0.717) is 0 Å². The molecule has 0 fully saturated rings. The smallest absolute Gasteiger partial charge is 0.270 e. The van der Waals surface area contributed by atoms with Crippen molar-refractivity contribution in [3.05, 3.63) is 140 Å². The Hall–Kier alpha value is -4.07. The van der Waals surface area contributed by atoms with Crippen LogP contribution in [0.15, 0.2) is 140 Å². The third-order valence-electron chi connectivity index (χ3n) is 6.19. The fourth-order valence-electron chi connectivity index (χ4n) is 4.64. The Morgan fingerprint density at radius 1 is 0.412 bits per heavy atom. The number of fused-ring (bicyclic) bond motifs is 1. The molecule has 0 radical (unpaired) electrons. The summed E-state index contributed by atoms with van der Waals surface area (Å²) in [5, 5.41) is 0.788. The van der Waals surface area contributed by atoms with E-state index in [1.807, 2.05) is 112 Å². The summed E-state index contributed by atoms with van der Waals surface area (Å²) in [6.07, 6.45) is 0. The molecular formula is C30H23N2OP. The van der Waals surface area contributed by atoms with Gasteiger partial charge in [-0.05, 0) is 59.7 Å². The first-order valence-electron chi connectivity index (χ1n) is 11.3. The van der Waals surface area contributed by atoms with Crippen molar-refractivity contribution in [1.29, 1.82) is 0 Å². The van der Waals surface area contributed by atoms with Crippen molar-refractivity contribution in [3.63, 3.8) is 0 Å². The third-order valence-corrected chi connectivity index (χ3v) is 9.14. The lowest BCUT2D eigenvalue weighted by Crippen LogP contribution is -2.26. The summed E-state index contributed by atoms with van der Waals surface area (Å²) in [6.45, 7) is 0. The van der Waals surface area contributed by atoms with Crippen molar-refractivity contribution in [1.82, 2.24) is 0 Å². The summed E-state index contributed by atoms with van der Waals surface area (Å²) in [4.78, 5) is 0. The molecule has 0 saturated carbocycles. The van der Waals surface area contributed by atoms with E-state index < -0.39 is 7.44 Å². The zero-order valence-electron chi connectivity index (χ0n) is 18.5. The first kappa shape index (κ1) is 20.5. The zero-order chi connectivity index (χ0) is 23.0. The normalized spacial score (nSPS) is 14.1. The fraction of sp³-hybridized carbons (Fsp3) is 0. The summed E-state index contributed by atoms with van der Waals surface area (Å²) < 4.78 is 19.5. The highest BCUT2D eigenvalue weighted by Gasteiger charge is 2.48. The molecule has 1 heterocycles. The molecule has 0 saturated heterocycles. The number of hydrogen-bond donors (Lipinski definition) is 0. The summed E-state index contributed by atoms with van der Waals surface area (Å²) >= 11 is 0. The predicted molar refractivity (Wildman–Crippen MR) is 143 cm³/mol. The fourth-order valence-corrected chi connectivity index (χ4v) is 7.64. The minimum absolute atomic E-state index is 0.788. The van der Waals surface area contributed by atoms with Crippen LogP contribution in [0.4, 0.5) is 22.7 Å². The number of nitrogens with zero attached hydrogens (tertiary/aromatic N) is 2. The Labute approximate surface area is 200 Å². The van der Waals surface area contributed by atoms with Gasteiger partial charge in [0.2, 0.25) is 0 Å². The summed E-state index contributed by atoms with van der Waals surface area (Å²) in [5.41, 5.74) is 5.93. The largest absolute Gasteiger partial charge is 0.301 e. The molecule has 0 N–H and O–H groups in total. The molecule has 164 valence electrons. The predicted octanol–water partition coefficient (Wildman–Crippen LogP) is 8.16. The number of para-hydroxylation sites is 4. The molecule has 6 rings (SSSR count). The van der Waals surface area contributed by atoms with Gasteiger partial charge in [-0.2, -0.15) is 0 Å².